The zero-order valence-electron chi connectivity index (χ0n) is 23.1. The maximum atomic E-state index is 13.5. The molecule has 4 aromatic rings. The van der Waals surface area contributed by atoms with Gasteiger partial charge in [-0.3, -0.25) is 14.5 Å². The Morgan fingerprint density at radius 3 is 2.65 bits per heavy atom. The van der Waals surface area contributed by atoms with E-state index in [1.807, 2.05) is 79.7 Å². The zero-order chi connectivity index (χ0) is 30.0. The van der Waals surface area contributed by atoms with Gasteiger partial charge in [-0.25, -0.2) is 0 Å². The summed E-state index contributed by atoms with van der Waals surface area (Å²) in [7, 11) is 0. The Balaban J connectivity index is 1.33. The minimum absolute atomic E-state index is 0.199. The van der Waals surface area contributed by atoms with E-state index in [0.717, 1.165) is 15.6 Å². The van der Waals surface area contributed by atoms with Crippen LogP contribution in [0.1, 0.15) is 22.5 Å². The Hall–Kier alpha value is -4.67. The molecule has 10 heteroatoms. The summed E-state index contributed by atoms with van der Waals surface area (Å²) in [5, 5.41) is 11.7. The summed E-state index contributed by atoms with van der Waals surface area (Å²) in [5.74, 6) is 0.519. The third-order valence-corrected chi connectivity index (χ3v) is 7.61. The van der Waals surface area contributed by atoms with Gasteiger partial charge >= 0.3 is 0 Å². The molecule has 0 aliphatic carbocycles. The fraction of sp³-hybridized carbons (Fsp3) is 0.0909. The highest BCUT2D eigenvalue weighted by molar-refractivity contribution is 9.10. The Labute approximate surface area is 262 Å². The lowest BCUT2D eigenvalue weighted by molar-refractivity contribution is -0.122. The first-order valence-electron chi connectivity index (χ1n) is 13.3. The first-order chi connectivity index (χ1) is 20.9. The third-order valence-electron chi connectivity index (χ3n) is 6.12. The lowest BCUT2D eigenvalue weighted by Crippen LogP contribution is -2.28. The van der Waals surface area contributed by atoms with Gasteiger partial charge in [0.05, 0.1) is 17.7 Å². The van der Waals surface area contributed by atoms with Crippen LogP contribution in [0.4, 0.5) is 5.69 Å². The molecule has 5 rings (SSSR count). The van der Waals surface area contributed by atoms with E-state index in [4.69, 9.17) is 9.15 Å². The Bertz CT molecular complexity index is 1700. The molecule has 0 saturated carbocycles. The first kappa shape index (κ1) is 29.8. The van der Waals surface area contributed by atoms with E-state index in [1.54, 1.807) is 42.8 Å². The number of halogens is 1. The van der Waals surface area contributed by atoms with Crippen LogP contribution in [0.5, 0.6) is 5.75 Å². The van der Waals surface area contributed by atoms with Crippen LogP contribution in [-0.4, -0.2) is 34.7 Å². The van der Waals surface area contributed by atoms with Crippen LogP contribution in [0, 0.1) is 6.92 Å². The highest BCUT2D eigenvalue weighted by Crippen LogP contribution is 2.36. The normalized spacial score (nSPS) is 15.3. The fourth-order valence-corrected chi connectivity index (χ4v) is 5.31. The number of ether oxygens (including phenoxy) is 1. The number of allylic oxidation sites excluding steroid dienone is 1. The summed E-state index contributed by atoms with van der Waals surface area (Å²) < 4.78 is 12.2. The molecule has 216 valence electrons. The van der Waals surface area contributed by atoms with Crippen molar-refractivity contribution in [2.75, 3.05) is 11.9 Å². The SMILES string of the molecule is Cc1ccc(NC(=O)COc2ccc(Br)cc2/C=C2\S/C(=N/N=C\C=C\c3ccccc3)N(Cc3ccco3)C2=O)cc1. The molecular weight excluding hydrogens is 628 g/mol. The molecule has 0 spiro atoms. The number of benzene rings is 3. The minimum atomic E-state index is -0.296. The van der Waals surface area contributed by atoms with Crippen molar-refractivity contribution in [1.82, 2.24) is 4.90 Å². The monoisotopic (exact) mass is 654 g/mol. The second-order valence-electron chi connectivity index (χ2n) is 9.38. The van der Waals surface area contributed by atoms with Crippen LogP contribution in [-0.2, 0) is 16.1 Å². The van der Waals surface area contributed by atoms with Crippen molar-refractivity contribution in [3.63, 3.8) is 0 Å². The van der Waals surface area contributed by atoms with Crippen LogP contribution in [0.15, 0.2) is 121 Å². The van der Waals surface area contributed by atoms with E-state index in [2.05, 4.69) is 31.4 Å². The Morgan fingerprint density at radius 1 is 1.07 bits per heavy atom. The van der Waals surface area contributed by atoms with Crippen molar-refractivity contribution in [1.29, 1.82) is 0 Å². The molecule has 43 heavy (non-hydrogen) atoms. The van der Waals surface area contributed by atoms with Crippen molar-refractivity contribution in [2.24, 2.45) is 10.2 Å². The minimum Gasteiger partial charge on any atom is -0.483 e. The van der Waals surface area contributed by atoms with E-state index in [0.29, 0.717) is 32.8 Å². The molecule has 0 atom stereocenters. The van der Waals surface area contributed by atoms with Crippen molar-refractivity contribution < 1.29 is 18.7 Å². The predicted molar refractivity (Wildman–Crippen MR) is 176 cm³/mol. The number of hydrogen-bond donors (Lipinski definition) is 1. The summed E-state index contributed by atoms with van der Waals surface area (Å²) in [5.41, 5.74) is 3.45. The summed E-state index contributed by atoms with van der Waals surface area (Å²) in [6.07, 6.45) is 8.55. The standard InChI is InChI=1S/C33H27BrN4O4S/c1-23-11-14-27(15-12-23)36-31(39)22-42-29-16-13-26(34)19-25(29)20-30-32(40)38(21-28-10-6-18-41-28)33(43-30)37-35-17-5-9-24-7-3-2-4-8-24/h2-20H,21-22H2,1H3,(H,36,39)/b9-5+,30-20-,35-17-,37-33+. The van der Waals surface area contributed by atoms with Gasteiger partial charge in [0.15, 0.2) is 11.8 Å². The number of carbonyl (C=O) groups excluding carboxylic acids is 2. The Morgan fingerprint density at radius 2 is 1.88 bits per heavy atom. The molecule has 0 unspecified atom stereocenters. The number of aryl methyl sites for hydroxylation is 1. The number of carbonyl (C=O) groups is 2. The summed E-state index contributed by atoms with van der Waals surface area (Å²) >= 11 is 4.69. The molecule has 2 amide bonds. The van der Waals surface area contributed by atoms with Crippen LogP contribution >= 0.6 is 27.7 Å². The number of nitrogens with one attached hydrogen (secondary N) is 1. The van der Waals surface area contributed by atoms with Crippen LogP contribution in [0.25, 0.3) is 12.2 Å². The molecule has 0 bridgehead atoms. The van der Waals surface area contributed by atoms with Crippen molar-refractivity contribution >= 4 is 68.7 Å². The van der Waals surface area contributed by atoms with E-state index in [-0.39, 0.29) is 25.0 Å². The van der Waals surface area contributed by atoms with Gasteiger partial charge in [-0.2, -0.15) is 5.10 Å². The van der Waals surface area contributed by atoms with Gasteiger partial charge in [0.1, 0.15) is 11.5 Å². The van der Waals surface area contributed by atoms with Gasteiger partial charge in [-0.1, -0.05) is 70.0 Å². The summed E-state index contributed by atoms with van der Waals surface area (Å²) in [4.78, 5) is 28.0. The van der Waals surface area contributed by atoms with Crippen LogP contribution in [0.3, 0.4) is 0 Å². The smallest absolute Gasteiger partial charge is 0.267 e. The fourth-order valence-electron chi connectivity index (χ4n) is 4.00. The third kappa shape index (κ3) is 8.43. The number of rotatable bonds is 10. The number of anilines is 1. The zero-order valence-corrected chi connectivity index (χ0v) is 25.5. The van der Waals surface area contributed by atoms with Crippen LogP contribution < -0.4 is 10.1 Å². The van der Waals surface area contributed by atoms with Gasteiger partial charge < -0.3 is 14.5 Å². The Kier molecular flexibility index (Phi) is 10.0. The molecule has 1 aliphatic heterocycles. The van der Waals surface area contributed by atoms with Gasteiger partial charge in [-0.15, -0.1) is 5.10 Å². The number of amides is 2. The molecule has 8 nitrogen and oxygen atoms in total. The van der Waals surface area contributed by atoms with Gasteiger partial charge in [0.2, 0.25) is 0 Å². The average molecular weight is 656 g/mol. The molecule has 3 aromatic carbocycles. The number of furan rings is 1. The predicted octanol–water partition coefficient (Wildman–Crippen LogP) is 7.54. The summed E-state index contributed by atoms with van der Waals surface area (Å²) in [6, 6.07) is 26.3. The van der Waals surface area contributed by atoms with Crippen molar-refractivity contribution in [2.45, 2.75) is 13.5 Å². The van der Waals surface area contributed by atoms with Crippen molar-refractivity contribution in [3.05, 3.63) is 129 Å². The molecule has 2 heterocycles. The second kappa shape index (κ2) is 14.5. The van der Waals surface area contributed by atoms with Gasteiger partial charge in [-0.05, 0) is 78.9 Å². The van der Waals surface area contributed by atoms with Crippen LogP contribution in [0.2, 0.25) is 0 Å². The molecule has 0 radical (unpaired) electrons. The van der Waals surface area contributed by atoms with Gasteiger partial charge in [0, 0.05) is 21.9 Å². The highest BCUT2D eigenvalue weighted by atomic mass is 79.9. The number of nitrogens with zero attached hydrogens (tertiary/aromatic N) is 3. The van der Waals surface area contributed by atoms with Gasteiger partial charge in [0.25, 0.3) is 11.8 Å². The quantitative estimate of drug-likeness (QED) is 0.108. The second-order valence-corrected chi connectivity index (χ2v) is 11.3. The largest absolute Gasteiger partial charge is 0.483 e. The summed E-state index contributed by atoms with van der Waals surface area (Å²) in [6.45, 7) is 1.98. The van der Waals surface area contributed by atoms with E-state index >= 15 is 0 Å². The van der Waals surface area contributed by atoms with E-state index in [9.17, 15) is 9.59 Å². The lowest BCUT2D eigenvalue weighted by atomic mass is 10.2. The number of thioether (sulfide) groups is 1. The maximum Gasteiger partial charge on any atom is 0.267 e. The lowest BCUT2D eigenvalue weighted by Gasteiger charge is -2.13. The highest BCUT2D eigenvalue weighted by Gasteiger charge is 2.34. The molecule has 1 fully saturated rings. The molecule has 1 aliphatic rings. The van der Waals surface area contributed by atoms with Crippen molar-refractivity contribution in [3.8, 4) is 5.75 Å². The topological polar surface area (TPSA) is 96.5 Å². The average Bonchev–Trinajstić information content (AvgIpc) is 3.62. The molecule has 1 saturated heterocycles. The maximum absolute atomic E-state index is 13.5. The first-order valence-corrected chi connectivity index (χ1v) is 14.9. The molecule has 1 N–H and O–H groups in total. The number of hydrogen-bond acceptors (Lipinski definition) is 7. The number of amidine groups is 1. The molecular formula is C33H27BrN4O4S. The van der Waals surface area contributed by atoms with E-state index in [1.165, 1.54) is 16.7 Å². The molecule has 1 aromatic heterocycles. The van der Waals surface area contributed by atoms with E-state index < -0.39 is 0 Å².